The average molecular weight is 395 g/mol. The SMILES string of the molecule is COc1ccc(CN(Cc2ccc(N3CCCC3=O)cc2)C[C@@H]2CCCO2)cc1. The van der Waals surface area contributed by atoms with Crippen LogP contribution in [0.25, 0.3) is 0 Å². The predicted octanol–water partition coefficient (Wildman–Crippen LogP) is 4.00. The first-order valence-electron chi connectivity index (χ1n) is 10.6. The van der Waals surface area contributed by atoms with Crippen molar-refractivity contribution in [2.75, 3.05) is 31.7 Å². The van der Waals surface area contributed by atoms with E-state index in [-0.39, 0.29) is 5.91 Å². The molecule has 1 amide bonds. The highest BCUT2D eigenvalue weighted by Gasteiger charge is 2.22. The summed E-state index contributed by atoms with van der Waals surface area (Å²) < 4.78 is 11.2. The molecule has 2 saturated heterocycles. The summed E-state index contributed by atoms with van der Waals surface area (Å²) in [6.07, 6.45) is 4.22. The zero-order chi connectivity index (χ0) is 20.1. The van der Waals surface area contributed by atoms with Crippen molar-refractivity contribution >= 4 is 11.6 Å². The van der Waals surface area contributed by atoms with Crippen molar-refractivity contribution in [2.24, 2.45) is 0 Å². The third-order valence-corrected chi connectivity index (χ3v) is 5.78. The number of carbonyl (C=O) groups is 1. The van der Waals surface area contributed by atoms with E-state index in [2.05, 4.69) is 41.3 Å². The molecule has 2 aliphatic heterocycles. The zero-order valence-electron chi connectivity index (χ0n) is 17.2. The van der Waals surface area contributed by atoms with Gasteiger partial charge in [-0.2, -0.15) is 0 Å². The summed E-state index contributed by atoms with van der Waals surface area (Å²) in [6, 6.07) is 16.7. The lowest BCUT2D eigenvalue weighted by molar-refractivity contribution is -0.117. The number of benzene rings is 2. The van der Waals surface area contributed by atoms with E-state index in [9.17, 15) is 4.79 Å². The molecule has 0 unspecified atom stereocenters. The second kappa shape index (κ2) is 9.42. The van der Waals surface area contributed by atoms with Crippen LogP contribution in [-0.4, -0.2) is 43.7 Å². The molecular weight excluding hydrogens is 364 g/mol. The molecule has 0 aromatic heterocycles. The number of hydrogen-bond acceptors (Lipinski definition) is 4. The van der Waals surface area contributed by atoms with Gasteiger partial charge < -0.3 is 14.4 Å². The average Bonchev–Trinajstić information content (AvgIpc) is 3.41. The van der Waals surface area contributed by atoms with Gasteiger partial charge in [-0.25, -0.2) is 0 Å². The van der Waals surface area contributed by atoms with Crippen LogP contribution in [0.3, 0.4) is 0 Å². The lowest BCUT2D eigenvalue weighted by atomic mass is 10.1. The Hall–Kier alpha value is -2.37. The van der Waals surface area contributed by atoms with Crippen LogP contribution in [0.1, 0.15) is 36.8 Å². The number of rotatable bonds is 8. The van der Waals surface area contributed by atoms with Gasteiger partial charge in [-0.1, -0.05) is 24.3 Å². The van der Waals surface area contributed by atoms with Gasteiger partial charge in [0.05, 0.1) is 13.2 Å². The molecule has 1 atom stereocenters. The van der Waals surface area contributed by atoms with Gasteiger partial charge in [-0.15, -0.1) is 0 Å². The molecule has 0 spiro atoms. The summed E-state index contributed by atoms with van der Waals surface area (Å²) in [7, 11) is 1.69. The van der Waals surface area contributed by atoms with Crippen molar-refractivity contribution in [3.63, 3.8) is 0 Å². The van der Waals surface area contributed by atoms with Crippen LogP contribution < -0.4 is 9.64 Å². The molecule has 0 aliphatic carbocycles. The minimum atomic E-state index is 0.234. The van der Waals surface area contributed by atoms with Crippen molar-refractivity contribution < 1.29 is 14.3 Å². The largest absolute Gasteiger partial charge is 0.497 e. The Morgan fingerprint density at radius 1 is 1.03 bits per heavy atom. The van der Waals surface area contributed by atoms with E-state index in [4.69, 9.17) is 9.47 Å². The molecule has 2 heterocycles. The summed E-state index contributed by atoms with van der Waals surface area (Å²) >= 11 is 0. The van der Waals surface area contributed by atoms with Gasteiger partial charge >= 0.3 is 0 Å². The Morgan fingerprint density at radius 2 is 1.72 bits per heavy atom. The molecule has 0 N–H and O–H groups in total. The van der Waals surface area contributed by atoms with E-state index in [1.54, 1.807) is 7.11 Å². The second-order valence-corrected chi connectivity index (χ2v) is 7.97. The number of carbonyl (C=O) groups excluding carboxylic acids is 1. The first kappa shape index (κ1) is 19.9. The molecule has 2 aromatic carbocycles. The Balaban J connectivity index is 1.44. The standard InChI is InChI=1S/C24H30N2O3/c1-28-22-12-8-20(9-13-22)17-25(18-23-4-3-15-29-23)16-19-6-10-21(11-7-19)26-14-2-5-24(26)27/h6-13,23H,2-5,14-18H2,1H3/t23-/m0/s1. The second-order valence-electron chi connectivity index (χ2n) is 7.97. The van der Waals surface area contributed by atoms with E-state index >= 15 is 0 Å². The minimum absolute atomic E-state index is 0.234. The van der Waals surface area contributed by atoms with E-state index in [1.165, 1.54) is 11.1 Å². The molecule has 0 bridgehead atoms. The zero-order valence-corrected chi connectivity index (χ0v) is 17.2. The summed E-state index contributed by atoms with van der Waals surface area (Å²) in [5.41, 5.74) is 3.53. The van der Waals surface area contributed by atoms with E-state index in [0.29, 0.717) is 12.5 Å². The maximum absolute atomic E-state index is 12.0. The molecule has 5 heteroatoms. The number of methoxy groups -OCH3 is 1. The van der Waals surface area contributed by atoms with Crippen LogP contribution in [0.15, 0.2) is 48.5 Å². The fourth-order valence-corrected chi connectivity index (χ4v) is 4.21. The first-order valence-corrected chi connectivity index (χ1v) is 10.6. The van der Waals surface area contributed by atoms with Crippen LogP contribution in [0.5, 0.6) is 5.75 Å². The molecule has 29 heavy (non-hydrogen) atoms. The van der Waals surface area contributed by atoms with E-state index < -0.39 is 0 Å². The quantitative estimate of drug-likeness (QED) is 0.679. The highest BCUT2D eigenvalue weighted by atomic mass is 16.5. The fraction of sp³-hybridized carbons (Fsp3) is 0.458. The number of anilines is 1. The Bertz CT molecular complexity index is 798. The number of nitrogens with zero attached hydrogens (tertiary/aromatic N) is 2. The maximum atomic E-state index is 12.0. The van der Waals surface area contributed by atoms with Crippen LogP contribution >= 0.6 is 0 Å². The van der Waals surface area contributed by atoms with Crippen LogP contribution in [0.4, 0.5) is 5.69 Å². The highest BCUT2D eigenvalue weighted by Crippen LogP contribution is 2.23. The molecule has 2 aromatic rings. The van der Waals surface area contributed by atoms with Crippen LogP contribution in [0, 0.1) is 0 Å². The summed E-state index contributed by atoms with van der Waals surface area (Å²) in [6.45, 7) is 4.37. The molecule has 0 radical (unpaired) electrons. The molecular formula is C24H30N2O3. The topological polar surface area (TPSA) is 42.0 Å². The monoisotopic (exact) mass is 394 g/mol. The van der Waals surface area contributed by atoms with Crippen LogP contribution in [0.2, 0.25) is 0 Å². The summed E-state index contributed by atoms with van der Waals surface area (Å²) in [5.74, 6) is 1.11. The van der Waals surface area contributed by atoms with Crippen molar-refractivity contribution in [1.82, 2.24) is 4.90 Å². The van der Waals surface area contributed by atoms with Crippen molar-refractivity contribution in [2.45, 2.75) is 44.9 Å². The Labute approximate surface area is 173 Å². The molecule has 2 aliphatic rings. The Morgan fingerprint density at radius 3 is 2.28 bits per heavy atom. The fourth-order valence-electron chi connectivity index (χ4n) is 4.21. The first-order chi connectivity index (χ1) is 14.2. The summed E-state index contributed by atoms with van der Waals surface area (Å²) in [4.78, 5) is 16.3. The van der Waals surface area contributed by atoms with Gasteiger partial charge in [0, 0.05) is 44.9 Å². The number of amides is 1. The molecule has 2 fully saturated rings. The molecule has 154 valence electrons. The van der Waals surface area contributed by atoms with Crippen molar-refractivity contribution in [3.8, 4) is 5.75 Å². The molecule has 4 rings (SSSR count). The maximum Gasteiger partial charge on any atom is 0.227 e. The third kappa shape index (κ3) is 5.17. The normalized spacial score (nSPS) is 19.3. The van der Waals surface area contributed by atoms with Gasteiger partial charge in [-0.05, 0) is 54.7 Å². The smallest absolute Gasteiger partial charge is 0.227 e. The van der Waals surface area contributed by atoms with Gasteiger partial charge in [0.25, 0.3) is 0 Å². The summed E-state index contributed by atoms with van der Waals surface area (Å²) in [5, 5.41) is 0. The van der Waals surface area contributed by atoms with Crippen molar-refractivity contribution in [1.29, 1.82) is 0 Å². The number of hydrogen-bond donors (Lipinski definition) is 0. The van der Waals surface area contributed by atoms with Gasteiger partial charge in [-0.3, -0.25) is 9.69 Å². The van der Waals surface area contributed by atoms with Gasteiger partial charge in [0.1, 0.15) is 5.75 Å². The van der Waals surface area contributed by atoms with Crippen molar-refractivity contribution in [3.05, 3.63) is 59.7 Å². The minimum Gasteiger partial charge on any atom is -0.497 e. The third-order valence-electron chi connectivity index (χ3n) is 5.78. The molecule has 0 saturated carbocycles. The van der Waals surface area contributed by atoms with E-state index in [0.717, 1.165) is 63.5 Å². The lowest BCUT2D eigenvalue weighted by Crippen LogP contribution is -2.31. The number of ether oxygens (including phenoxy) is 2. The van der Waals surface area contributed by atoms with E-state index in [1.807, 2.05) is 17.0 Å². The molecule has 5 nitrogen and oxygen atoms in total. The Kier molecular flexibility index (Phi) is 6.47. The highest BCUT2D eigenvalue weighted by molar-refractivity contribution is 5.95. The lowest BCUT2D eigenvalue weighted by Gasteiger charge is -2.26. The van der Waals surface area contributed by atoms with Gasteiger partial charge in [0.2, 0.25) is 5.91 Å². The van der Waals surface area contributed by atoms with Gasteiger partial charge in [0.15, 0.2) is 0 Å². The predicted molar refractivity (Wildman–Crippen MR) is 114 cm³/mol. The van der Waals surface area contributed by atoms with Crippen LogP contribution in [-0.2, 0) is 22.6 Å².